The van der Waals surface area contributed by atoms with Crippen molar-refractivity contribution in [3.05, 3.63) is 33.7 Å². The molecule has 0 radical (unpaired) electrons. The number of rotatable bonds is 2. The molecule has 114 valence electrons. The monoisotopic (exact) mass is 304 g/mol. The summed E-state index contributed by atoms with van der Waals surface area (Å²) < 4.78 is 37.3. The number of hydrogen-bond donors (Lipinski definition) is 2. The molecule has 2 rings (SSSR count). The lowest BCUT2D eigenvalue weighted by molar-refractivity contribution is -0.142. The standard InChI is InChI=1S/C12H11F3N2O4/c13-12(14,15)8-4-3-6(9(18)16-8)10(19)17-5-1-2-7(17)11(20)21/h3-4,7H,1-2,5H2,(H,16,18)(H,20,21)/t7-/m1/s1. The number of nitrogens with zero attached hydrogens (tertiary/aromatic N) is 1. The Bertz CT molecular complexity index is 638. The van der Waals surface area contributed by atoms with Crippen molar-refractivity contribution >= 4 is 11.9 Å². The highest BCUT2D eigenvalue weighted by Gasteiger charge is 2.36. The Hall–Kier alpha value is -2.32. The lowest BCUT2D eigenvalue weighted by atomic mass is 10.2. The molecule has 1 atom stereocenters. The predicted octanol–water partition coefficient (Wildman–Crippen LogP) is 1.08. The van der Waals surface area contributed by atoms with Gasteiger partial charge in [0.25, 0.3) is 11.5 Å². The van der Waals surface area contributed by atoms with Gasteiger partial charge in [0.2, 0.25) is 0 Å². The average Bonchev–Trinajstić information content (AvgIpc) is 2.86. The number of aromatic amines is 1. The van der Waals surface area contributed by atoms with Crippen molar-refractivity contribution in [1.82, 2.24) is 9.88 Å². The minimum absolute atomic E-state index is 0.149. The van der Waals surface area contributed by atoms with Gasteiger partial charge in [0.15, 0.2) is 0 Å². The van der Waals surface area contributed by atoms with Crippen molar-refractivity contribution in [1.29, 1.82) is 0 Å². The lowest BCUT2D eigenvalue weighted by Gasteiger charge is -2.21. The molecule has 0 bridgehead atoms. The first-order valence-electron chi connectivity index (χ1n) is 6.06. The third-order valence-electron chi connectivity index (χ3n) is 3.24. The molecule has 6 nitrogen and oxygen atoms in total. The van der Waals surface area contributed by atoms with Crippen LogP contribution in [0.3, 0.4) is 0 Å². The van der Waals surface area contributed by atoms with E-state index in [2.05, 4.69) is 0 Å². The van der Waals surface area contributed by atoms with Gasteiger partial charge >= 0.3 is 12.1 Å². The number of alkyl halides is 3. The van der Waals surface area contributed by atoms with Crippen LogP contribution in [-0.2, 0) is 11.0 Å². The molecule has 1 saturated heterocycles. The van der Waals surface area contributed by atoms with E-state index in [1.54, 1.807) is 4.98 Å². The van der Waals surface area contributed by atoms with Gasteiger partial charge in [0.05, 0.1) is 0 Å². The van der Waals surface area contributed by atoms with E-state index in [0.29, 0.717) is 12.5 Å². The van der Waals surface area contributed by atoms with Gasteiger partial charge in [-0.25, -0.2) is 4.79 Å². The summed E-state index contributed by atoms with van der Waals surface area (Å²) in [4.78, 5) is 37.3. The second-order valence-electron chi connectivity index (χ2n) is 4.61. The summed E-state index contributed by atoms with van der Waals surface area (Å²) in [6.07, 6.45) is -4.02. The second-order valence-corrected chi connectivity index (χ2v) is 4.61. The minimum Gasteiger partial charge on any atom is -0.480 e. The first kappa shape index (κ1) is 15.1. The third kappa shape index (κ3) is 2.91. The zero-order chi connectivity index (χ0) is 15.8. The molecular formula is C12H11F3N2O4. The van der Waals surface area contributed by atoms with Gasteiger partial charge < -0.3 is 15.0 Å². The van der Waals surface area contributed by atoms with Crippen LogP contribution in [0.1, 0.15) is 28.9 Å². The van der Waals surface area contributed by atoms with Crippen molar-refractivity contribution in [2.75, 3.05) is 6.54 Å². The molecule has 0 aromatic carbocycles. The zero-order valence-electron chi connectivity index (χ0n) is 10.6. The van der Waals surface area contributed by atoms with Gasteiger partial charge in [0.1, 0.15) is 17.3 Å². The van der Waals surface area contributed by atoms with E-state index < -0.39 is 40.9 Å². The number of aliphatic carboxylic acids is 1. The highest BCUT2D eigenvalue weighted by Crippen LogP contribution is 2.27. The summed E-state index contributed by atoms with van der Waals surface area (Å²) in [6, 6.07) is 0.293. The van der Waals surface area contributed by atoms with Crippen LogP contribution in [0.15, 0.2) is 16.9 Å². The maximum Gasteiger partial charge on any atom is 0.431 e. The van der Waals surface area contributed by atoms with Crippen LogP contribution in [-0.4, -0.2) is 39.5 Å². The fraction of sp³-hybridized carbons (Fsp3) is 0.417. The fourth-order valence-electron chi connectivity index (χ4n) is 2.23. The number of nitrogens with one attached hydrogen (secondary N) is 1. The molecule has 0 unspecified atom stereocenters. The average molecular weight is 304 g/mol. The quantitative estimate of drug-likeness (QED) is 0.855. The minimum atomic E-state index is -4.72. The van der Waals surface area contributed by atoms with Gasteiger partial charge in [-0.15, -0.1) is 0 Å². The van der Waals surface area contributed by atoms with Crippen molar-refractivity contribution in [2.24, 2.45) is 0 Å². The van der Waals surface area contributed by atoms with Crippen LogP contribution in [0, 0.1) is 0 Å². The molecule has 1 aromatic rings. The van der Waals surface area contributed by atoms with E-state index in [9.17, 15) is 27.6 Å². The number of likely N-dealkylation sites (tertiary alicyclic amines) is 1. The maximum absolute atomic E-state index is 12.4. The maximum atomic E-state index is 12.4. The Labute approximate surface area is 116 Å². The largest absolute Gasteiger partial charge is 0.480 e. The number of carbonyl (C=O) groups is 2. The van der Waals surface area contributed by atoms with E-state index in [1.165, 1.54) is 0 Å². The molecule has 2 N–H and O–H groups in total. The molecule has 9 heteroatoms. The molecular weight excluding hydrogens is 293 g/mol. The van der Waals surface area contributed by atoms with E-state index in [1.807, 2.05) is 0 Å². The van der Waals surface area contributed by atoms with Crippen LogP contribution in [0.4, 0.5) is 13.2 Å². The van der Waals surface area contributed by atoms with Crippen molar-refractivity contribution in [3.63, 3.8) is 0 Å². The summed E-state index contributed by atoms with van der Waals surface area (Å²) in [7, 11) is 0. The predicted molar refractivity (Wildman–Crippen MR) is 63.8 cm³/mol. The van der Waals surface area contributed by atoms with Crippen molar-refractivity contribution in [3.8, 4) is 0 Å². The molecule has 2 heterocycles. The fourth-order valence-corrected chi connectivity index (χ4v) is 2.23. The summed E-state index contributed by atoms with van der Waals surface area (Å²) in [6.45, 7) is 0.149. The number of H-pyrrole nitrogens is 1. The molecule has 0 aliphatic carbocycles. The van der Waals surface area contributed by atoms with Crippen LogP contribution in [0.25, 0.3) is 0 Å². The molecule has 21 heavy (non-hydrogen) atoms. The molecule has 1 amide bonds. The van der Waals surface area contributed by atoms with E-state index in [0.717, 1.165) is 11.0 Å². The van der Waals surface area contributed by atoms with Crippen LogP contribution < -0.4 is 5.56 Å². The number of carbonyl (C=O) groups excluding carboxylic acids is 1. The highest BCUT2D eigenvalue weighted by molar-refractivity contribution is 5.96. The van der Waals surface area contributed by atoms with Gasteiger partial charge in [-0.1, -0.05) is 0 Å². The van der Waals surface area contributed by atoms with Crippen LogP contribution in [0.5, 0.6) is 0 Å². The molecule has 1 aliphatic heterocycles. The topological polar surface area (TPSA) is 90.5 Å². The first-order chi connectivity index (χ1) is 9.71. The summed E-state index contributed by atoms with van der Waals surface area (Å²) >= 11 is 0. The van der Waals surface area contributed by atoms with Crippen LogP contribution >= 0.6 is 0 Å². The Morgan fingerprint density at radius 3 is 2.52 bits per heavy atom. The van der Waals surface area contributed by atoms with E-state index in [-0.39, 0.29) is 13.0 Å². The number of hydrogen-bond acceptors (Lipinski definition) is 3. The summed E-state index contributed by atoms with van der Waals surface area (Å²) in [5.41, 5.74) is -2.96. The van der Waals surface area contributed by atoms with E-state index >= 15 is 0 Å². The summed E-state index contributed by atoms with van der Waals surface area (Å²) in [5.74, 6) is -2.08. The van der Waals surface area contributed by atoms with Crippen LogP contribution in [0.2, 0.25) is 0 Å². The third-order valence-corrected chi connectivity index (χ3v) is 3.24. The molecule has 1 fully saturated rings. The SMILES string of the molecule is O=C(O)[C@H]1CCCN1C(=O)c1ccc(C(F)(F)F)[nH]c1=O. The number of amides is 1. The zero-order valence-corrected chi connectivity index (χ0v) is 10.6. The summed E-state index contributed by atoms with van der Waals surface area (Å²) in [5, 5.41) is 8.97. The molecule has 1 aliphatic rings. The Morgan fingerprint density at radius 1 is 1.33 bits per heavy atom. The first-order valence-corrected chi connectivity index (χ1v) is 6.06. The Balaban J connectivity index is 2.32. The van der Waals surface area contributed by atoms with Gasteiger partial charge in [-0.2, -0.15) is 13.2 Å². The van der Waals surface area contributed by atoms with Crippen molar-refractivity contribution < 1.29 is 27.9 Å². The number of halogens is 3. The highest BCUT2D eigenvalue weighted by atomic mass is 19.4. The molecule has 0 spiro atoms. The molecule has 0 saturated carbocycles. The van der Waals surface area contributed by atoms with E-state index in [4.69, 9.17) is 5.11 Å². The van der Waals surface area contributed by atoms with Gasteiger partial charge in [-0.3, -0.25) is 9.59 Å². The van der Waals surface area contributed by atoms with Crippen molar-refractivity contribution in [2.45, 2.75) is 25.1 Å². The Kier molecular flexibility index (Phi) is 3.75. The number of carboxylic acid groups (broad SMARTS) is 1. The van der Waals surface area contributed by atoms with Gasteiger partial charge in [0, 0.05) is 6.54 Å². The second kappa shape index (κ2) is 5.23. The lowest BCUT2D eigenvalue weighted by Crippen LogP contribution is -2.42. The Morgan fingerprint density at radius 2 is 2.00 bits per heavy atom. The number of pyridine rings is 1. The smallest absolute Gasteiger partial charge is 0.431 e. The van der Waals surface area contributed by atoms with Gasteiger partial charge in [-0.05, 0) is 25.0 Å². The normalized spacial score (nSPS) is 18.8. The number of carboxylic acids is 1. The number of aromatic nitrogens is 1. The molecule has 1 aromatic heterocycles.